The van der Waals surface area contributed by atoms with Gasteiger partial charge in [0, 0.05) is 24.7 Å². The van der Waals surface area contributed by atoms with Crippen molar-refractivity contribution in [2.75, 3.05) is 23.3 Å². The molecule has 0 radical (unpaired) electrons. The van der Waals surface area contributed by atoms with Gasteiger partial charge in [-0.25, -0.2) is 14.2 Å². The highest BCUT2D eigenvalue weighted by Crippen LogP contribution is 2.28. The van der Waals surface area contributed by atoms with E-state index in [0.717, 1.165) is 11.3 Å². The number of benzene rings is 1. The van der Waals surface area contributed by atoms with Crippen LogP contribution in [0, 0.1) is 17.1 Å². The lowest BCUT2D eigenvalue weighted by Crippen LogP contribution is -2.39. The van der Waals surface area contributed by atoms with Crippen LogP contribution in [-0.4, -0.2) is 40.8 Å². The van der Waals surface area contributed by atoms with Crippen molar-refractivity contribution in [3.63, 3.8) is 0 Å². The maximum absolute atomic E-state index is 13.3. The van der Waals surface area contributed by atoms with Crippen molar-refractivity contribution in [1.82, 2.24) is 4.98 Å². The Labute approximate surface area is 166 Å². The predicted molar refractivity (Wildman–Crippen MR) is 104 cm³/mol. The number of ketones is 1. The SMILES string of the molecule is N=C(Nc1ccc(F)c(Br)c1)C(=O)C1CCN(c2ncc(C(=O)O)s2)CC1. The van der Waals surface area contributed by atoms with Crippen LogP contribution in [0.4, 0.5) is 15.2 Å². The van der Waals surface area contributed by atoms with Crippen LogP contribution in [0.2, 0.25) is 0 Å². The van der Waals surface area contributed by atoms with Crippen LogP contribution in [0.3, 0.4) is 0 Å². The smallest absolute Gasteiger partial charge is 0.347 e. The average Bonchev–Trinajstić information content (AvgIpc) is 3.15. The summed E-state index contributed by atoms with van der Waals surface area (Å²) in [7, 11) is 0. The van der Waals surface area contributed by atoms with E-state index in [4.69, 9.17) is 10.5 Å². The molecule has 0 amide bonds. The van der Waals surface area contributed by atoms with E-state index in [2.05, 4.69) is 26.2 Å². The zero-order chi connectivity index (χ0) is 19.6. The summed E-state index contributed by atoms with van der Waals surface area (Å²) in [4.78, 5) is 29.7. The molecule has 7 nitrogen and oxygen atoms in total. The third kappa shape index (κ3) is 4.51. The number of nitrogens with zero attached hydrogens (tertiary/aromatic N) is 2. The number of piperidine rings is 1. The van der Waals surface area contributed by atoms with E-state index in [9.17, 15) is 14.0 Å². The molecule has 1 fully saturated rings. The molecule has 0 unspecified atom stereocenters. The second kappa shape index (κ2) is 8.13. The van der Waals surface area contributed by atoms with Crippen LogP contribution in [0.5, 0.6) is 0 Å². The van der Waals surface area contributed by atoms with Crippen molar-refractivity contribution in [2.45, 2.75) is 12.8 Å². The highest BCUT2D eigenvalue weighted by molar-refractivity contribution is 9.10. The maximum Gasteiger partial charge on any atom is 0.347 e. The molecular formula is C17H16BrFN4O3S. The van der Waals surface area contributed by atoms with Gasteiger partial charge >= 0.3 is 5.97 Å². The molecule has 2 aromatic rings. The molecule has 0 saturated carbocycles. The van der Waals surface area contributed by atoms with E-state index in [-0.39, 0.29) is 26.9 Å². The molecule has 0 spiro atoms. The highest BCUT2D eigenvalue weighted by atomic mass is 79.9. The van der Waals surface area contributed by atoms with E-state index in [1.807, 2.05) is 4.90 Å². The first-order valence-electron chi connectivity index (χ1n) is 8.14. The number of aromatic carboxylic acids is 1. The number of thiazole rings is 1. The van der Waals surface area contributed by atoms with Gasteiger partial charge in [-0.1, -0.05) is 11.3 Å². The average molecular weight is 455 g/mol. The number of nitrogens with one attached hydrogen (secondary N) is 2. The number of carboxylic acid groups (broad SMARTS) is 1. The number of halogens is 2. The Morgan fingerprint density at radius 1 is 1.37 bits per heavy atom. The predicted octanol–water partition coefficient (Wildman–Crippen LogP) is 3.62. The maximum atomic E-state index is 13.3. The van der Waals surface area contributed by atoms with E-state index in [1.165, 1.54) is 24.4 Å². The zero-order valence-corrected chi connectivity index (χ0v) is 16.4. The van der Waals surface area contributed by atoms with Gasteiger partial charge < -0.3 is 15.3 Å². The lowest BCUT2D eigenvalue weighted by atomic mass is 9.92. The first-order valence-corrected chi connectivity index (χ1v) is 9.75. The van der Waals surface area contributed by atoms with Crippen molar-refractivity contribution in [1.29, 1.82) is 5.41 Å². The summed E-state index contributed by atoms with van der Waals surface area (Å²) in [5, 5.41) is 20.3. The number of carbonyl (C=O) groups is 2. The summed E-state index contributed by atoms with van der Waals surface area (Å²) < 4.78 is 13.5. The van der Waals surface area contributed by atoms with Gasteiger partial charge in [-0.3, -0.25) is 10.2 Å². The lowest BCUT2D eigenvalue weighted by Gasteiger charge is -2.31. The molecule has 1 aliphatic heterocycles. The number of rotatable bonds is 5. The van der Waals surface area contributed by atoms with Crippen LogP contribution >= 0.6 is 27.3 Å². The van der Waals surface area contributed by atoms with Crippen LogP contribution in [0.15, 0.2) is 28.9 Å². The number of carbonyl (C=O) groups excluding carboxylic acids is 1. The van der Waals surface area contributed by atoms with Gasteiger partial charge in [0.1, 0.15) is 10.7 Å². The Morgan fingerprint density at radius 2 is 2.07 bits per heavy atom. The van der Waals surface area contributed by atoms with Gasteiger partial charge in [-0.05, 0) is 47.0 Å². The van der Waals surface area contributed by atoms with E-state index in [0.29, 0.717) is 36.8 Å². The quantitative estimate of drug-likeness (QED) is 0.470. The van der Waals surface area contributed by atoms with Gasteiger partial charge in [-0.15, -0.1) is 0 Å². The Bertz CT molecular complexity index is 896. The Balaban J connectivity index is 1.56. The summed E-state index contributed by atoms with van der Waals surface area (Å²) in [6.45, 7) is 1.14. The lowest BCUT2D eigenvalue weighted by molar-refractivity contribution is -0.117. The number of amidine groups is 1. The van der Waals surface area contributed by atoms with Gasteiger partial charge in [0.2, 0.25) is 5.78 Å². The van der Waals surface area contributed by atoms with Crippen LogP contribution in [-0.2, 0) is 4.79 Å². The Kier molecular flexibility index (Phi) is 5.85. The number of Topliss-reactive ketones (excluding diaryl/α,β-unsaturated/α-hetero) is 1. The third-order valence-electron chi connectivity index (χ3n) is 4.28. The minimum Gasteiger partial charge on any atom is -0.477 e. The molecule has 142 valence electrons. The molecular weight excluding hydrogens is 439 g/mol. The highest BCUT2D eigenvalue weighted by Gasteiger charge is 2.29. The summed E-state index contributed by atoms with van der Waals surface area (Å²) in [6, 6.07) is 4.19. The number of hydrogen-bond donors (Lipinski definition) is 3. The fourth-order valence-corrected chi connectivity index (χ4v) is 4.01. The van der Waals surface area contributed by atoms with Crippen molar-refractivity contribution in [3.8, 4) is 0 Å². The summed E-state index contributed by atoms with van der Waals surface area (Å²) in [6.07, 6.45) is 2.44. The minimum atomic E-state index is -1.00. The molecule has 1 aromatic carbocycles. The first-order chi connectivity index (χ1) is 12.8. The largest absolute Gasteiger partial charge is 0.477 e. The molecule has 1 aliphatic rings. The number of hydrogen-bond acceptors (Lipinski definition) is 6. The van der Waals surface area contributed by atoms with E-state index >= 15 is 0 Å². The number of anilines is 2. The third-order valence-corrected chi connectivity index (χ3v) is 5.93. The van der Waals surface area contributed by atoms with Crippen molar-refractivity contribution in [2.24, 2.45) is 5.92 Å². The normalized spacial score (nSPS) is 14.8. The molecule has 1 aromatic heterocycles. The van der Waals surface area contributed by atoms with Crippen molar-refractivity contribution >= 4 is 55.7 Å². The van der Waals surface area contributed by atoms with Crippen LogP contribution < -0.4 is 10.2 Å². The molecule has 0 aliphatic carbocycles. The Morgan fingerprint density at radius 3 is 2.67 bits per heavy atom. The molecule has 10 heteroatoms. The fraction of sp³-hybridized carbons (Fsp3) is 0.294. The van der Waals surface area contributed by atoms with Crippen LogP contribution in [0.25, 0.3) is 0 Å². The second-order valence-electron chi connectivity index (χ2n) is 6.07. The fourth-order valence-electron chi connectivity index (χ4n) is 2.83. The molecule has 0 bridgehead atoms. The summed E-state index contributed by atoms with van der Waals surface area (Å²) in [5.41, 5.74) is 0.461. The van der Waals surface area contributed by atoms with E-state index < -0.39 is 11.8 Å². The molecule has 0 atom stereocenters. The minimum absolute atomic E-state index is 0.180. The molecule has 1 saturated heterocycles. The molecule has 2 heterocycles. The van der Waals surface area contributed by atoms with Crippen molar-refractivity contribution < 1.29 is 19.1 Å². The zero-order valence-electron chi connectivity index (χ0n) is 14.0. The first kappa shape index (κ1) is 19.4. The van der Waals surface area contributed by atoms with Crippen LogP contribution in [0.1, 0.15) is 22.5 Å². The standard InChI is InChI=1S/C17H16BrFN4O3S/c18-11-7-10(1-2-12(11)19)22-15(20)14(24)9-3-5-23(6-4-9)17-21-8-13(27-17)16(25)26/h1-2,7-9H,3-6H2,(H2,20,22)(H,25,26). The monoisotopic (exact) mass is 454 g/mol. The van der Waals surface area contributed by atoms with Gasteiger partial charge in [0.25, 0.3) is 0 Å². The topological polar surface area (TPSA) is 106 Å². The molecule has 27 heavy (non-hydrogen) atoms. The second-order valence-corrected chi connectivity index (χ2v) is 7.93. The van der Waals surface area contributed by atoms with Gasteiger partial charge in [0.15, 0.2) is 11.0 Å². The number of carboxylic acids is 1. The van der Waals surface area contributed by atoms with Crippen molar-refractivity contribution in [3.05, 3.63) is 39.6 Å². The van der Waals surface area contributed by atoms with Gasteiger partial charge in [-0.2, -0.15) is 0 Å². The molecule has 3 N–H and O–H groups in total. The van der Waals surface area contributed by atoms with Gasteiger partial charge in [0.05, 0.1) is 10.7 Å². The number of aromatic nitrogens is 1. The molecule has 3 rings (SSSR count). The van der Waals surface area contributed by atoms with E-state index in [1.54, 1.807) is 0 Å². The summed E-state index contributed by atoms with van der Waals surface area (Å²) in [5.74, 6) is -2.23. The Hall–Kier alpha value is -2.33. The summed E-state index contributed by atoms with van der Waals surface area (Å²) >= 11 is 4.18.